The Balaban J connectivity index is 1.40. The van der Waals surface area contributed by atoms with E-state index in [0.29, 0.717) is 6.10 Å². The standard InChI is InChI=1S/C23H37NO/c1-18-8-6-12-22(14-18)25-23-13-7-11-21(15-23)19(2)16-24-17-20-9-4-3-5-10-20/h6,8,12,14,19-21,23-24H,3-5,7,9-11,13,15-17H2,1-2H3/t19?,21?,23-/m1/s1. The lowest BCUT2D eigenvalue weighted by atomic mass is 9.79. The van der Waals surface area contributed by atoms with Crippen LogP contribution in [0.2, 0.25) is 0 Å². The van der Waals surface area contributed by atoms with Gasteiger partial charge in [0.1, 0.15) is 5.75 Å². The van der Waals surface area contributed by atoms with Gasteiger partial charge < -0.3 is 10.1 Å². The van der Waals surface area contributed by atoms with E-state index in [2.05, 4.69) is 43.4 Å². The highest BCUT2D eigenvalue weighted by Gasteiger charge is 2.27. The van der Waals surface area contributed by atoms with Crippen molar-refractivity contribution in [3.63, 3.8) is 0 Å². The van der Waals surface area contributed by atoms with E-state index in [4.69, 9.17) is 4.74 Å². The minimum atomic E-state index is 0.404. The zero-order valence-electron chi connectivity index (χ0n) is 16.3. The van der Waals surface area contributed by atoms with Crippen molar-refractivity contribution < 1.29 is 4.74 Å². The molecule has 1 aromatic carbocycles. The number of hydrogen-bond donors (Lipinski definition) is 1. The molecule has 2 aliphatic rings. The number of aryl methyl sites for hydroxylation is 1. The smallest absolute Gasteiger partial charge is 0.119 e. The second kappa shape index (κ2) is 9.62. The molecule has 0 spiro atoms. The summed E-state index contributed by atoms with van der Waals surface area (Å²) in [7, 11) is 0. The van der Waals surface area contributed by atoms with E-state index in [9.17, 15) is 0 Å². The molecule has 2 nitrogen and oxygen atoms in total. The van der Waals surface area contributed by atoms with Gasteiger partial charge in [-0.1, -0.05) is 38.3 Å². The highest BCUT2D eigenvalue weighted by molar-refractivity contribution is 5.27. The number of hydrogen-bond acceptors (Lipinski definition) is 2. The van der Waals surface area contributed by atoms with E-state index in [0.717, 1.165) is 23.5 Å². The first kappa shape index (κ1) is 18.8. The third-order valence-corrected chi connectivity index (χ3v) is 6.39. The van der Waals surface area contributed by atoms with Gasteiger partial charge >= 0.3 is 0 Å². The molecule has 3 rings (SSSR count). The van der Waals surface area contributed by atoms with Crippen LogP contribution in [0.5, 0.6) is 5.75 Å². The zero-order valence-corrected chi connectivity index (χ0v) is 16.3. The van der Waals surface area contributed by atoms with Gasteiger partial charge in [0.05, 0.1) is 6.10 Å². The molecule has 0 saturated heterocycles. The van der Waals surface area contributed by atoms with Crippen molar-refractivity contribution in [3.05, 3.63) is 29.8 Å². The van der Waals surface area contributed by atoms with Gasteiger partial charge in [-0.2, -0.15) is 0 Å². The van der Waals surface area contributed by atoms with Gasteiger partial charge in [-0.25, -0.2) is 0 Å². The van der Waals surface area contributed by atoms with E-state index >= 15 is 0 Å². The first-order chi connectivity index (χ1) is 12.2. The average Bonchev–Trinajstić information content (AvgIpc) is 2.63. The molecule has 3 atom stereocenters. The highest BCUT2D eigenvalue weighted by atomic mass is 16.5. The van der Waals surface area contributed by atoms with Crippen molar-refractivity contribution in [2.75, 3.05) is 13.1 Å². The zero-order chi connectivity index (χ0) is 17.5. The van der Waals surface area contributed by atoms with E-state index in [-0.39, 0.29) is 0 Å². The molecule has 25 heavy (non-hydrogen) atoms. The van der Waals surface area contributed by atoms with Crippen LogP contribution in [0.3, 0.4) is 0 Å². The Morgan fingerprint density at radius 3 is 2.72 bits per heavy atom. The number of rotatable bonds is 7. The molecular weight excluding hydrogens is 306 g/mol. The number of benzene rings is 1. The maximum atomic E-state index is 6.30. The lowest BCUT2D eigenvalue weighted by molar-refractivity contribution is 0.101. The van der Waals surface area contributed by atoms with Crippen molar-refractivity contribution >= 4 is 0 Å². The molecular formula is C23H37NO. The summed E-state index contributed by atoms with van der Waals surface area (Å²) in [6, 6.07) is 8.50. The fourth-order valence-corrected chi connectivity index (χ4v) is 4.76. The lowest BCUT2D eigenvalue weighted by Crippen LogP contribution is -2.35. The minimum absolute atomic E-state index is 0.404. The summed E-state index contributed by atoms with van der Waals surface area (Å²) in [6.07, 6.45) is 12.8. The maximum absolute atomic E-state index is 6.30. The molecule has 2 unspecified atom stereocenters. The molecule has 1 aromatic rings. The van der Waals surface area contributed by atoms with Crippen LogP contribution < -0.4 is 10.1 Å². The minimum Gasteiger partial charge on any atom is -0.490 e. The first-order valence-corrected chi connectivity index (χ1v) is 10.6. The van der Waals surface area contributed by atoms with E-state index in [1.807, 2.05) is 0 Å². The molecule has 2 heteroatoms. The molecule has 0 amide bonds. The third-order valence-electron chi connectivity index (χ3n) is 6.39. The lowest BCUT2D eigenvalue weighted by Gasteiger charge is -2.33. The summed E-state index contributed by atoms with van der Waals surface area (Å²) in [5, 5.41) is 3.78. The van der Waals surface area contributed by atoms with Crippen molar-refractivity contribution in [2.45, 2.75) is 77.7 Å². The van der Waals surface area contributed by atoms with Crippen LogP contribution in [0.4, 0.5) is 0 Å². The Labute approximate surface area is 154 Å². The Morgan fingerprint density at radius 2 is 1.92 bits per heavy atom. The summed E-state index contributed by atoms with van der Waals surface area (Å²) >= 11 is 0. The Kier molecular flexibility index (Phi) is 7.22. The van der Waals surface area contributed by atoms with E-state index < -0.39 is 0 Å². The molecule has 2 aliphatic carbocycles. The van der Waals surface area contributed by atoms with Gasteiger partial charge in [0, 0.05) is 0 Å². The predicted molar refractivity (Wildman–Crippen MR) is 106 cm³/mol. The molecule has 0 heterocycles. The third kappa shape index (κ3) is 6.02. The summed E-state index contributed by atoms with van der Waals surface area (Å²) < 4.78 is 6.30. The van der Waals surface area contributed by atoms with Crippen LogP contribution in [0.1, 0.15) is 70.3 Å². The largest absolute Gasteiger partial charge is 0.490 e. The van der Waals surface area contributed by atoms with Crippen LogP contribution in [0, 0.1) is 24.7 Å². The summed E-state index contributed by atoms with van der Waals surface area (Å²) in [5.41, 5.74) is 1.28. The molecule has 0 bridgehead atoms. The summed E-state index contributed by atoms with van der Waals surface area (Å²) in [6.45, 7) is 6.99. The Bertz CT molecular complexity index is 509. The van der Waals surface area contributed by atoms with E-state index in [1.54, 1.807) is 0 Å². The highest BCUT2D eigenvalue weighted by Crippen LogP contribution is 2.32. The molecule has 1 N–H and O–H groups in total. The molecule has 2 fully saturated rings. The summed E-state index contributed by atoms with van der Waals surface area (Å²) in [5.74, 6) is 3.55. The van der Waals surface area contributed by atoms with Crippen LogP contribution in [0.25, 0.3) is 0 Å². The van der Waals surface area contributed by atoms with Gasteiger partial charge in [0.2, 0.25) is 0 Å². The second-order valence-electron chi connectivity index (χ2n) is 8.62. The normalized spacial score (nSPS) is 26.3. The SMILES string of the molecule is Cc1cccc(O[C@@H]2CCCC(C(C)CNCC3CCCCC3)C2)c1. The van der Waals surface area contributed by atoms with E-state index in [1.165, 1.54) is 76.4 Å². The molecule has 140 valence electrons. The molecule has 0 aliphatic heterocycles. The Morgan fingerprint density at radius 1 is 1.08 bits per heavy atom. The van der Waals surface area contributed by atoms with Gasteiger partial charge in [-0.05, 0) is 94.0 Å². The van der Waals surface area contributed by atoms with Crippen molar-refractivity contribution in [2.24, 2.45) is 17.8 Å². The van der Waals surface area contributed by atoms with Crippen molar-refractivity contribution in [1.29, 1.82) is 0 Å². The first-order valence-electron chi connectivity index (χ1n) is 10.6. The van der Waals surface area contributed by atoms with Gasteiger partial charge in [-0.3, -0.25) is 0 Å². The second-order valence-corrected chi connectivity index (χ2v) is 8.62. The van der Waals surface area contributed by atoms with Crippen LogP contribution in [0.15, 0.2) is 24.3 Å². The monoisotopic (exact) mass is 343 g/mol. The number of nitrogens with one attached hydrogen (secondary N) is 1. The fraction of sp³-hybridized carbons (Fsp3) is 0.739. The fourth-order valence-electron chi connectivity index (χ4n) is 4.76. The van der Waals surface area contributed by atoms with Crippen LogP contribution >= 0.6 is 0 Å². The quantitative estimate of drug-likeness (QED) is 0.682. The van der Waals surface area contributed by atoms with Gasteiger partial charge in [-0.15, -0.1) is 0 Å². The van der Waals surface area contributed by atoms with Gasteiger partial charge in [0.15, 0.2) is 0 Å². The van der Waals surface area contributed by atoms with Gasteiger partial charge in [0.25, 0.3) is 0 Å². The molecule has 0 aromatic heterocycles. The average molecular weight is 344 g/mol. The Hall–Kier alpha value is -1.02. The molecule has 2 saturated carbocycles. The van der Waals surface area contributed by atoms with Crippen LogP contribution in [-0.2, 0) is 0 Å². The molecule has 0 radical (unpaired) electrons. The van der Waals surface area contributed by atoms with Crippen molar-refractivity contribution in [1.82, 2.24) is 5.32 Å². The topological polar surface area (TPSA) is 21.3 Å². The van der Waals surface area contributed by atoms with Crippen molar-refractivity contribution in [3.8, 4) is 5.75 Å². The number of ether oxygens (including phenoxy) is 1. The predicted octanol–water partition coefficient (Wildman–Crippen LogP) is 5.74. The summed E-state index contributed by atoms with van der Waals surface area (Å²) in [4.78, 5) is 0. The maximum Gasteiger partial charge on any atom is 0.119 e. The van der Waals surface area contributed by atoms with Crippen LogP contribution in [-0.4, -0.2) is 19.2 Å².